The van der Waals surface area contributed by atoms with Crippen LogP contribution in [-0.4, -0.2) is 20.4 Å². The van der Waals surface area contributed by atoms with Crippen LogP contribution in [0.4, 0.5) is 5.13 Å². The molecule has 3 rings (SSSR count). The van der Waals surface area contributed by atoms with E-state index in [0.717, 1.165) is 4.88 Å². The number of aryl methyl sites for hydroxylation is 2. The van der Waals surface area contributed by atoms with Gasteiger partial charge in [-0.1, -0.05) is 12.1 Å². The molecular weight excluding hydrogens is 312 g/mol. The van der Waals surface area contributed by atoms with Crippen molar-refractivity contribution in [1.29, 1.82) is 0 Å². The van der Waals surface area contributed by atoms with Gasteiger partial charge in [-0.15, -0.1) is 11.3 Å². The quantitative estimate of drug-likeness (QED) is 0.781. The molecule has 0 spiro atoms. The molecule has 6 nitrogen and oxygen atoms in total. The number of benzene rings is 1. The first-order chi connectivity index (χ1) is 11.1. The minimum absolute atomic E-state index is 0.0773. The first-order valence-electron chi connectivity index (χ1n) is 7.30. The van der Waals surface area contributed by atoms with E-state index in [1.165, 1.54) is 17.7 Å². The molecule has 1 N–H and O–H groups in total. The molecule has 2 heterocycles. The molecule has 0 unspecified atom stereocenters. The number of carbonyl (C=O) groups excluding carboxylic acids is 1. The van der Waals surface area contributed by atoms with E-state index < -0.39 is 0 Å². The van der Waals surface area contributed by atoms with Crippen molar-refractivity contribution in [3.8, 4) is 0 Å². The minimum atomic E-state index is -0.0962. The lowest BCUT2D eigenvalue weighted by Crippen LogP contribution is -2.21. The molecule has 0 radical (unpaired) electrons. The van der Waals surface area contributed by atoms with E-state index in [9.17, 15) is 9.59 Å². The van der Waals surface area contributed by atoms with E-state index in [2.05, 4.69) is 15.3 Å². The number of amides is 1. The molecule has 0 saturated heterocycles. The van der Waals surface area contributed by atoms with Crippen molar-refractivity contribution in [2.24, 2.45) is 0 Å². The van der Waals surface area contributed by atoms with Gasteiger partial charge in [-0.3, -0.25) is 14.2 Å². The smallest absolute Gasteiger partial charge is 0.261 e. The molecule has 3 aromatic rings. The molecule has 0 fully saturated rings. The van der Waals surface area contributed by atoms with Crippen molar-refractivity contribution in [2.75, 3.05) is 5.32 Å². The molecule has 0 aliphatic heterocycles. The minimum Gasteiger partial charge on any atom is -0.302 e. The van der Waals surface area contributed by atoms with Crippen LogP contribution in [0.1, 0.15) is 17.7 Å². The molecule has 0 bridgehead atoms. The number of carbonyl (C=O) groups is 1. The Morgan fingerprint density at radius 3 is 2.91 bits per heavy atom. The van der Waals surface area contributed by atoms with E-state index in [4.69, 9.17) is 0 Å². The van der Waals surface area contributed by atoms with Gasteiger partial charge in [0, 0.05) is 24.0 Å². The lowest BCUT2D eigenvalue weighted by atomic mass is 10.2. The van der Waals surface area contributed by atoms with Crippen LogP contribution in [0.5, 0.6) is 0 Å². The Balaban J connectivity index is 1.59. The van der Waals surface area contributed by atoms with Gasteiger partial charge in [0.25, 0.3) is 5.56 Å². The summed E-state index contributed by atoms with van der Waals surface area (Å²) in [5, 5.41) is 3.96. The third-order valence-corrected chi connectivity index (χ3v) is 4.23. The molecule has 23 heavy (non-hydrogen) atoms. The van der Waals surface area contributed by atoms with E-state index in [-0.39, 0.29) is 11.5 Å². The second-order valence-corrected chi connectivity index (χ2v) is 6.42. The Bertz CT molecular complexity index is 900. The third kappa shape index (κ3) is 3.62. The summed E-state index contributed by atoms with van der Waals surface area (Å²) < 4.78 is 1.54. The number of nitrogens with zero attached hydrogens (tertiary/aromatic N) is 3. The zero-order chi connectivity index (χ0) is 16.2. The van der Waals surface area contributed by atoms with Crippen molar-refractivity contribution < 1.29 is 4.79 Å². The number of rotatable bonds is 5. The second-order valence-electron chi connectivity index (χ2n) is 5.19. The van der Waals surface area contributed by atoms with Gasteiger partial charge in [0.05, 0.1) is 17.2 Å². The van der Waals surface area contributed by atoms with Crippen LogP contribution in [0.2, 0.25) is 0 Å². The number of anilines is 1. The number of thiazole rings is 1. The molecule has 0 saturated carbocycles. The predicted octanol–water partition coefficient (Wildman–Crippen LogP) is 2.58. The molecule has 118 valence electrons. The summed E-state index contributed by atoms with van der Waals surface area (Å²) in [6.45, 7) is 2.40. The molecule has 0 atom stereocenters. The van der Waals surface area contributed by atoms with Crippen molar-refractivity contribution in [1.82, 2.24) is 14.5 Å². The van der Waals surface area contributed by atoms with Crippen LogP contribution in [0.3, 0.4) is 0 Å². The van der Waals surface area contributed by atoms with Gasteiger partial charge in [-0.05, 0) is 25.5 Å². The average Bonchev–Trinajstić information content (AvgIpc) is 2.95. The Labute approximate surface area is 136 Å². The fourth-order valence-corrected chi connectivity index (χ4v) is 2.95. The van der Waals surface area contributed by atoms with Crippen LogP contribution in [0.15, 0.2) is 41.6 Å². The van der Waals surface area contributed by atoms with E-state index in [1.807, 2.05) is 25.1 Å². The van der Waals surface area contributed by atoms with Gasteiger partial charge in [0.15, 0.2) is 5.13 Å². The van der Waals surface area contributed by atoms with Crippen LogP contribution in [0, 0.1) is 6.92 Å². The normalized spacial score (nSPS) is 10.8. The zero-order valence-electron chi connectivity index (χ0n) is 12.7. The largest absolute Gasteiger partial charge is 0.302 e. The monoisotopic (exact) mass is 328 g/mol. The van der Waals surface area contributed by atoms with Gasteiger partial charge in [-0.2, -0.15) is 0 Å². The maximum absolute atomic E-state index is 12.3. The molecule has 1 aromatic carbocycles. The maximum atomic E-state index is 12.3. The Morgan fingerprint density at radius 1 is 1.30 bits per heavy atom. The van der Waals surface area contributed by atoms with E-state index in [0.29, 0.717) is 35.4 Å². The SMILES string of the molecule is Cc1cnc(NC(=O)CCCn2cnc3ccccc3c2=O)s1. The maximum Gasteiger partial charge on any atom is 0.261 e. The van der Waals surface area contributed by atoms with Gasteiger partial charge < -0.3 is 5.32 Å². The zero-order valence-corrected chi connectivity index (χ0v) is 13.5. The summed E-state index contributed by atoms with van der Waals surface area (Å²) in [4.78, 5) is 33.6. The molecule has 7 heteroatoms. The molecule has 2 aromatic heterocycles. The Hall–Kier alpha value is -2.54. The number of hydrogen-bond donors (Lipinski definition) is 1. The van der Waals surface area contributed by atoms with Crippen molar-refractivity contribution >= 4 is 33.3 Å². The number of fused-ring (bicyclic) bond motifs is 1. The Kier molecular flexibility index (Phi) is 4.47. The van der Waals surface area contributed by atoms with Crippen molar-refractivity contribution in [3.05, 3.63) is 52.0 Å². The molecule has 0 aliphatic rings. The number of nitrogens with one attached hydrogen (secondary N) is 1. The second kappa shape index (κ2) is 6.70. The lowest BCUT2D eigenvalue weighted by molar-refractivity contribution is -0.116. The average molecular weight is 328 g/mol. The fourth-order valence-electron chi connectivity index (χ4n) is 2.27. The van der Waals surface area contributed by atoms with Crippen LogP contribution in [0.25, 0.3) is 10.9 Å². The summed E-state index contributed by atoms with van der Waals surface area (Å²) in [5.74, 6) is -0.0962. The summed E-state index contributed by atoms with van der Waals surface area (Å²) in [7, 11) is 0. The Morgan fingerprint density at radius 2 is 2.13 bits per heavy atom. The summed E-state index contributed by atoms with van der Waals surface area (Å²) in [6, 6.07) is 7.24. The summed E-state index contributed by atoms with van der Waals surface area (Å²) in [5.41, 5.74) is 0.609. The molecule has 1 amide bonds. The highest BCUT2D eigenvalue weighted by Crippen LogP contribution is 2.16. The van der Waals surface area contributed by atoms with Gasteiger partial charge in [0.2, 0.25) is 5.91 Å². The molecular formula is C16H16N4O2S. The number of aromatic nitrogens is 3. The van der Waals surface area contributed by atoms with Gasteiger partial charge in [-0.25, -0.2) is 9.97 Å². The van der Waals surface area contributed by atoms with E-state index >= 15 is 0 Å². The van der Waals surface area contributed by atoms with Crippen LogP contribution < -0.4 is 10.9 Å². The third-order valence-electron chi connectivity index (χ3n) is 3.40. The first kappa shape index (κ1) is 15.4. The topological polar surface area (TPSA) is 76.9 Å². The van der Waals surface area contributed by atoms with Gasteiger partial charge >= 0.3 is 0 Å². The number of hydrogen-bond acceptors (Lipinski definition) is 5. The highest BCUT2D eigenvalue weighted by Gasteiger charge is 2.07. The highest BCUT2D eigenvalue weighted by atomic mass is 32.1. The standard InChI is InChI=1S/C16H16N4O2S/c1-11-9-17-16(23-11)19-14(21)7-4-8-20-10-18-13-6-3-2-5-12(13)15(20)22/h2-3,5-6,9-10H,4,7-8H2,1H3,(H,17,19,21). The lowest BCUT2D eigenvalue weighted by Gasteiger charge is -2.06. The van der Waals surface area contributed by atoms with Crippen molar-refractivity contribution in [3.63, 3.8) is 0 Å². The van der Waals surface area contributed by atoms with Crippen LogP contribution >= 0.6 is 11.3 Å². The number of para-hydroxylation sites is 1. The first-order valence-corrected chi connectivity index (χ1v) is 8.11. The fraction of sp³-hybridized carbons (Fsp3) is 0.250. The summed E-state index contributed by atoms with van der Waals surface area (Å²) >= 11 is 1.44. The predicted molar refractivity (Wildman–Crippen MR) is 90.7 cm³/mol. The highest BCUT2D eigenvalue weighted by molar-refractivity contribution is 7.15. The van der Waals surface area contributed by atoms with E-state index in [1.54, 1.807) is 16.8 Å². The molecule has 0 aliphatic carbocycles. The van der Waals surface area contributed by atoms with Crippen molar-refractivity contribution in [2.45, 2.75) is 26.3 Å². The summed E-state index contributed by atoms with van der Waals surface area (Å²) in [6.07, 6.45) is 4.15. The van der Waals surface area contributed by atoms with Gasteiger partial charge in [0.1, 0.15) is 0 Å². The van der Waals surface area contributed by atoms with Crippen LogP contribution in [-0.2, 0) is 11.3 Å².